The SMILES string of the molecule is Cn1c(=O)c(CN(C(=O)C2CCCCC2)C2CCN(Cc3ccccc3)CC2)cc2ccccc21. The van der Waals surface area contributed by atoms with E-state index in [1.807, 2.05) is 37.4 Å². The normalized spacial score (nSPS) is 18.1. The molecule has 2 heterocycles. The van der Waals surface area contributed by atoms with Crippen molar-refractivity contribution in [1.82, 2.24) is 14.4 Å². The topological polar surface area (TPSA) is 45.6 Å². The molecule has 0 spiro atoms. The van der Waals surface area contributed by atoms with Crippen molar-refractivity contribution in [3.05, 3.63) is 82.1 Å². The number of aryl methyl sites for hydroxylation is 1. The molecule has 1 aromatic heterocycles. The average molecular weight is 472 g/mol. The molecule has 0 unspecified atom stereocenters. The Morgan fingerprint density at radius 2 is 1.60 bits per heavy atom. The molecule has 5 nitrogen and oxygen atoms in total. The molecule has 5 heteroatoms. The maximum absolute atomic E-state index is 13.8. The molecule has 1 aliphatic heterocycles. The molecule has 1 amide bonds. The number of likely N-dealkylation sites (tertiary alicyclic amines) is 1. The molecule has 2 fully saturated rings. The number of hydrogen-bond acceptors (Lipinski definition) is 3. The monoisotopic (exact) mass is 471 g/mol. The second kappa shape index (κ2) is 10.8. The summed E-state index contributed by atoms with van der Waals surface area (Å²) in [4.78, 5) is 31.7. The highest BCUT2D eigenvalue weighted by Crippen LogP contribution is 2.29. The lowest BCUT2D eigenvalue weighted by molar-refractivity contribution is -0.140. The van der Waals surface area contributed by atoms with E-state index in [1.54, 1.807) is 4.57 Å². The molecule has 1 saturated carbocycles. The van der Waals surface area contributed by atoms with Crippen LogP contribution in [0.2, 0.25) is 0 Å². The third kappa shape index (κ3) is 5.35. The van der Waals surface area contributed by atoms with Crippen LogP contribution in [0.25, 0.3) is 10.9 Å². The van der Waals surface area contributed by atoms with Gasteiger partial charge in [-0.25, -0.2) is 0 Å². The highest BCUT2D eigenvalue weighted by molar-refractivity contribution is 5.81. The first kappa shape index (κ1) is 23.8. The summed E-state index contributed by atoms with van der Waals surface area (Å²) in [6.45, 7) is 3.32. The number of benzene rings is 2. The smallest absolute Gasteiger partial charge is 0.255 e. The third-order valence-electron chi connectivity index (χ3n) is 8.03. The fourth-order valence-electron chi connectivity index (χ4n) is 5.99. The number of nitrogens with zero attached hydrogens (tertiary/aromatic N) is 3. The van der Waals surface area contributed by atoms with E-state index in [2.05, 4.69) is 40.1 Å². The third-order valence-corrected chi connectivity index (χ3v) is 8.03. The number of pyridine rings is 1. The molecule has 3 aromatic rings. The van der Waals surface area contributed by atoms with E-state index in [9.17, 15) is 9.59 Å². The Labute approximate surface area is 208 Å². The summed E-state index contributed by atoms with van der Waals surface area (Å²) in [5.41, 5.74) is 3.00. The van der Waals surface area contributed by atoms with Crippen LogP contribution in [-0.2, 0) is 24.9 Å². The van der Waals surface area contributed by atoms with Gasteiger partial charge < -0.3 is 9.47 Å². The van der Waals surface area contributed by atoms with Gasteiger partial charge in [0.1, 0.15) is 0 Å². The molecule has 5 rings (SSSR count). The van der Waals surface area contributed by atoms with Crippen LogP contribution >= 0.6 is 0 Å². The van der Waals surface area contributed by atoms with Gasteiger partial charge in [0.25, 0.3) is 5.56 Å². The lowest BCUT2D eigenvalue weighted by Gasteiger charge is -2.40. The highest BCUT2D eigenvalue weighted by Gasteiger charge is 2.33. The molecule has 184 valence electrons. The van der Waals surface area contributed by atoms with E-state index in [0.29, 0.717) is 6.54 Å². The quantitative estimate of drug-likeness (QED) is 0.502. The Balaban J connectivity index is 1.37. The number of rotatable bonds is 6. The molecule has 0 radical (unpaired) electrons. The highest BCUT2D eigenvalue weighted by atomic mass is 16.2. The molecule has 0 atom stereocenters. The van der Waals surface area contributed by atoms with Crippen molar-refractivity contribution < 1.29 is 4.79 Å². The number of amides is 1. The van der Waals surface area contributed by atoms with Crippen LogP contribution in [0.5, 0.6) is 0 Å². The Kier molecular flexibility index (Phi) is 7.33. The standard InChI is InChI=1S/C30H37N3O2/c1-31-28-15-9-8-14-25(28)20-26(29(31)34)22-33(30(35)24-12-6-3-7-13-24)27-16-18-32(19-17-27)21-23-10-4-2-5-11-23/h2,4-5,8-11,14-15,20,24,27H,3,6-7,12-13,16-19,21-22H2,1H3. The zero-order chi connectivity index (χ0) is 24.2. The molecule has 1 aliphatic carbocycles. The zero-order valence-electron chi connectivity index (χ0n) is 20.9. The van der Waals surface area contributed by atoms with Crippen molar-refractivity contribution in [2.75, 3.05) is 13.1 Å². The van der Waals surface area contributed by atoms with Crippen LogP contribution in [0.3, 0.4) is 0 Å². The summed E-state index contributed by atoms with van der Waals surface area (Å²) in [6.07, 6.45) is 7.39. The molecule has 35 heavy (non-hydrogen) atoms. The van der Waals surface area contributed by atoms with Gasteiger partial charge in [-0.1, -0.05) is 67.8 Å². The molecule has 2 aromatic carbocycles. The Bertz CT molecular complexity index is 1210. The van der Waals surface area contributed by atoms with Gasteiger partial charge >= 0.3 is 0 Å². The summed E-state index contributed by atoms with van der Waals surface area (Å²) >= 11 is 0. The lowest BCUT2D eigenvalue weighted by Crippen LogP contribution is -2.49. The van der Waals surface area contributed by atoms with Crippen LogP contribution in [0.15, 0.2) is 65.5 Å². The van der Waals surface area contributed by atoms with Crippen LogP contribution in [0.4, 0.5) is 0 Å². The van der Waals surface area contributed by atoms with Gasteiger partial charge in [0, 0.05) is 44.2 Å². The predicted molar refractivity (Wildman–Crippen MR) is 141 cm³/mol. The summed E-state index contributed by atoms with van der Waals surface area (Å²) in [5, 5.41) is 1.05. The number of para-hydroxylation sites is 1. The lowest BCUT2D eigenvalue weighted by atomic mass is 9.87. The second-order valence-electron chi connectivity index (χ2n) is 10.4. The molecule has 0 N–H and O–H groups in total. The first-order valence-corrected chi connectivity index (χ1v) is 13.2. The minimum atomic E-state index is 0.00616. The predicted octanol–water partition coefficient (Wildman–Crippen LogP) is 5.11. The van der Waals surface area contributed by atoms with Gasteiger partial charge in [0.05, 0.1) is 12.1 Å². The van der Waals surface area contributed by atoms with Gasteiger partial charge in [-0.05, 0) is 48.8 Å². The summed E-state index contributed by atoms with van der Waals surface area (Å²) < 4.78 is 1.73. The maximum Gasteiger partial charge on any atom is 0.255 e. The molecular weight excluding hydrogens is 434 g/mol. The number of piperidine rings is 1. The van der Waals surface area contributed by atoms with Crippen molar-refractivity contribution >= 4 is 16.8 Å². The van der Waals surface area contributed by atoms with Crippen LogP contribution in [0.1, 0.15) is 56.1 Å². The minimum Gasteiger partial charge on any atom is -0.335 e. The summed E-state index contributed by atoms with van der Waals surface area (Å²) in [5.74, 6) is 0.372. The number of aromatic nitrogens is 1. The van der Waals surface area contributed by atoms with Gasteiger partial charge in [0.15, 0.2) is 0 Å². The average Bonchev–Trinajstić information content (AvgIpc) is 2.91. The number of fused-ring (bicyclic) bond motifs is 1. The van der Waals surface area contributed by atoms with Crippen molar-refractivity contribution in [1.29, 1.82) is 0 Å². The van der Waals surface area contributed by atoms with Crippen LogP contribution < -0.4 is 5.56 Å². The van der Waals surface area contributed by atoms with Crippen LogP contribution in [0, 0.1) is 5.92 Å². The van der Waals surface area contributed by atoms with Gasteiger partial charge in [0.2, 0.25) is 5.91 Å². The van der Waals surface area contributed by atoms with Gasteiger partial charge in [-0.15, -0.1) is 0 Å². The second-order valence-corrected chi connectivity index (χ2v) is 10.4. The maximum atomic E-state index is 13.8. The van der Waals surface area contributed by atoms with Crippen molar-refractivity contribution in [2.24, 2.45) is 13.0 Å². The van der Waals surface area contributed by atoms with E-state index in [0.717, 1.165) is 74.6 Å². The van der Waals surface area contributed by atoms with E-state index in [4.69, 9.17) is 0 Å². The van der Waals surface area contributed by atoms with E-state index < -0.39 is 0 Å². The summed E-state index contributed by atoms with van der Waals surface area (Å²) in [6, 6.07) is 20.8. The number of hydrogen-bond donors (Lipinski definition) is 0. The van der Waals surface area contributed by atoms with Crippen LogP contribution in [-0.4, -0.2) is 39.4 Å². The summed E-state index contributed by atoms with van der Waals surface area (Å²) in [7, 11) is 1.84. The molecule has 2 aliphatic rings. The fraction of sp³-hybridized carbons (Fsp3) is 0.467. The van der Waals surface area contributed by atoms with Crippen molar-refractivity contribution in [3.8, 4) is 0 Å². The Morgan fingerprint density at radius 3 is 2.34 bits per heavy atom. The number of carbonyl (C=O) groups excluding carboxylic acids is 1. The van der Waals surface area contributed by atoms with Gasteiger partial charge in [-0.2, -0.15) is 0 Å². The first-order valence-electron chi connectivity index (χ1n) is 13.2. The minimum absolute atomic E-state index is 0.00616. The fourth-order valence-corrected chi connectivity index (χ4v) is 5.99. The van der Waals surface area contributed by atoms with Gasteiger partial charge in [-0.3, -0.25) is 14.5 Å². The van der Waals surface area contributed by atoms with Crippen molar-refractivity contribution in [2.45, 2.75) is 64.1 Å². The largest absolute Gasteiger partial charge is 0.335 e. The first-order chi connectivity index (χ1) is 17.1. The zero-order valence-corrected chi connectivity index (χ0v) is 20.9. The Hall–Kier alpha value is -2.92. The van der Waals surface area contributed by atoms with E-state index in [-0.39, 0.29) is 23.4 Å². The van der Waals surface area contributed by atoms with Crippen molar-refractivity contribution in [3.63, 3.8) is 0 Å². The number of carbonyl (C=O) groups is 1. The molecule has 1 saturated heterocycles. The van der Waals surface area contributed by atoms with E-state index in [1.165, 1.54) is 12.0 Å². The Morgan fingerprint density at radius 1 is 0.914 bits per heavy atom. The molecule has 0 bridgehead atoms. The molecular formula is C30H37N3O2. The van der Waals surface area contributed by atoms with E-state index >= 15 is 0 Å².